The van der Waals surface area contributed by atoms with Crippen molar-refractivity contribution in [1.82, 2.24) is 0 Å². The summed E-state index contributed by atoms with van der Waals surface area (Å²) >= 11 is 6.92. The number of fused-ring (bicyclic) bond motifs is 1. The van der Waals surface area contributed by atoms with Crippen LogP contribution in [-0.4, -0.2) is 0 Å². The van der Waals surface area contributed by atoms with Crippen LogP contribution in [0.25, 0.3) is 10.1 Å². The first kappa shape index (κ1) is 8.97. The van der Waals surface area contributed by atoms with Crippen LogP contribution in [-0.2, 0) is 5.88 Å². The van der Waals surface area contributed by atoms with Crippen LogP contribution in [0.4, 0.5) is 4.39 Å². The molecule has 0 saturated heterocycles. The zero-order valence-corrected chi connectivity index (χ0v) is 8.68. The molecule has 0 nitrogen and oxygen atoms in total. The molecule has 68 valence electrons. The zero-order valence-electron chi connectivity index (χ0n) is 7.10. The number of thiophene rings is 1. The number of halogens is 2. The standard InChI is InChI=1S/C10H8ClFS/c1-6-7(5-11)2-3-9-8(6)4-10(12)13-9/h2-4H,5H2,1H3. The van der Waals surface area contributed by atoms with Crippen molar-refractivity contribution in [3.8, 4) is 0 Å². The minimum atomic E-state index is -0.134. The van der Waals surface area contributed by atoms with E-state index in [-0.39, 0.29) is 5.13 Å². The Kier molecular flexibility index (Phi) is 2.26. The Morgan fingerprint density at radius 2 is 2.23 bits per heavy atom. The van der Waals surface area contributed by atoms with Gasteiger partial charge in [-0.1, -0.05) is 6.07 Å². The van der Waals surface area contributed by atoms with E-state index in [1.54, 1.807) is 6.07 Å². The molecule has 2 rings (SSSR count). The van der Waals surface area contributed by atoms with E-state index in [9.17, 15) is 4.39 Å². The fourth-order valence-corrected chi connectivity index (χ4v) is 2.54. The van der Waals surface area contributed by atoms with Crippen molar-refractivity contribution < 1.29 is 4.39 Å². The first-order valence-corrected chi connectivity index (χ1v) is 5.31. The fourth-order valence-electron chi connectivity index (χ4n) is 1.41. The largest absolute Gasteiger partial charge is 0.195 e. The molecule has 2 aromatic rings. The van der Waals surface area contributed by atoms with E-state index in [1.165, 1.54) is 11.3 Å². The lowest BCUT2D eigenvalue weighted by atomic mass is 10.1. The van der Waals surface area contributed by atoms with Gasteiger partial charge in [0.15, 0.2) is 5.13 Å². The summed E-state index contributed by atoms with van der Waals surface area (Å²) in [7, 11) is 0. The third-order valence-electron chi connectivity index (χ3n) is 2.20. The van der Waals surface area contributed by atoms with Gasteiger partial charge < -0.3 is 0 Å². The third kappa shape index (κ3) is 1.45. The molecular formula is C10H8ClFS. The van der Waals surface area contributed by atoms with Crippen molar-refractivity contribution in [1.29, 1.82) is 0 Å². The van der Waals surface area contributed by atoms with Crippen molar-refractivity contribution in [2.24, 2.45) is 0 Å². The van der Waals surface area contributed by atoms with E-state index >= 15 is 0 Å². The van der Waals surface area contributed by atoms with Gasteiger partial charge in [-0.05, 0) is 35.6 Å². The summed E-state index contributed by atoms with van der Waals surface area (Å²) in [6.45, 7) is 1.98. The maximum atomic E-state index is 12.9. The molecule has 0 atom stereocenters. The van der Waals surface area contributed by atoms with E-state index in [0.29, 0.717) is 5.88 Å². The topological polar surface area (TPSA) is 0 Å². The predicted molar refractivity (Wildman–Crippen MR) is 56.1 cm³/mol. The van der Waals surface area contributed by atoms with E-state index in [0.717, 1.165) is 21.2 Å². The van der Waals surface area contributed by atoms with Crippen LogP contribution in [0, 0.1) is 12.1 Å². The highest BCUT2D eigenvalue weighted by Crippen LogP contribution is 2.29. The van der Waals surface area contributed by atoms with Crippen molar-refractivity contribution in [2.45, 2.75) is 12.8 Å². The average Bonchev–Trinajstić information content (AvgIpc) is 2.47. The van der Waals surface area contributed by atoms with Crippen molar-refractivity contribution in [2.75, 3.05) is 0 Å². The van der Waals surface area contributed by atoms with Crippen LogP contribution in [0.3, 0.4) is 0 Å². The van der Waals surface area contributed by atoms with E-state index in [2.05, 4.69) is 0 Å². The molecule has 1 heterocycles. The number of rotatable bonds is 1. The van der Waals surface area contributed by atoms with Crippen LogP contribution in [0.15, 0.2) is 18.2 Å². The Labute approximate surface area is 85.0 Å². The first-order chi connectivity index (χ1) is 6.22. The molecule has 0 unspecified atom stereocenters. The number of alkyl halides is 1. The summed E-state index contributed by atoms with van der Waals surface area (Å²) in [5, 5.41) is 0.852. The van der Waals surface area contributed by atoms with Gasteiger partial charge in [0.1, 0.15) is 0 Å². The predicted octanol–water partition coefficient (Wildman–Crippen LogP) is 4.09. The monoisotopic (exact) mass is 214 g/mol. The molecule has 0 aliphatic heterocycles. The van der Waals surface area contributed by atoms with Crippen molar-refractivity contribution in [3.63, 3.8) is 0 Å². The highest BCUT2D eigenvalue weighted by Gasteiger charge is 2.06. The van der Waals surface area contributed by atoms with Gasteiger partial charge in [-0.3, -0.25) is 0 Å². The molecule has 1 aromatic heterocycles. The van der Waals surface area contributed by atoms with Gasteiger partial charge >= 0.3 is 0 Å². The van der Waals surface area contributed by atoms with Crippen LogP contribution in [0.1, 0.15) is 11.1 Å². The Balaban J connectivity index is 2.78. The number of hydrogen-bond acceptors (Lipinski definition) is 1. The highest BCUT2D eigenvalue weighted by atomic mass is 35.5. The maximum absolute atomic E-state index is 12.9. The third-order valence-corrected chi connectivity index (χ3v) is 3.37. The quantitative estimate of drug-likeness (QED) is 0.628. The zero-order chi connectivity index (χ0) is 9.42. The van der Waals surface area contributed by atoms with Gasteiger partial charge in [-0.25, -0.2) is 0 Å². The normalized spacial score (nSPS) is 11.0. The molecule has 0 fully saturated rings. The minimum Gasteiger partial charge on any atom is -0.195 e. The fraction of sp³-hybridized carbons (Fsp3) is 0.200. The Morgan fingerprint density at radius 1 is 1.46 bits per heavy atom. The molecular weight excluding hydrogens is 207 g/mol. The Hall–Kier alpha value is -0.600. The summed E-state index contributed by atoms with van der Waals surface area (Å²) < 4.78 is 13.9. The molecule has 0 amide bonds. The van der Waals surface area contributed by atoms with Crippen LogP contribution in [0.2, 0.25) is 0 Å². The maximum Gasteiger partial charge on any atom is 0.177 e. The SMILES string of the molecule is Cc1c(CCl)ccc2sc(F)cc12. The van der Waals surface area contributed by atoms with Crippen molar-refractivity contribution >= 4 is 33.0 Å². The van der Waals surface area contributed by atoms with Gasteiger partial charge in [0.05, 0.1) is 0 Å². The van der Waals surface area contributed by atoms with Gasteiger partial charge in [-0.15, -0.1) is 22.9 Å². The van der Waals surface area contributed by atoms with E-state index in [1.807, 2.05) is 19.1 Å². The van der Waals surface area contributed by atoms with E-state index < -0.39 is 0 Å². The summed E-state index contributed by atoms with van der Waals surface area (Å²) in [5.74, 6) is 0.485. The smallest absolute Gasteiger partial charge is 0.177 e. The molecule has 0 bridgehead atoms. The van der Waals surface area contributed by atoms with Gasteiger partial charge in [-0.2, -0.15) is 4.39 Å². The second-order valence-electron chi connectivity index (χ2n) is 2.95. The summed E-state index contributed by atoms with van der Waals surface area (Å²) in [6, 6.07) is 5.46. The molecule has 0 saturated carbocycles. The second-order valence-corrected chi connectivity index (χ2v) is 4.25. The number of benzene rings is 1. The Morgan fingerprint density at radius 3 is 2.92 bits per heavy atom. The van der Waals surface area contributed by atoms with Crippen LogP contribution in [0.5, 0.6) is 0 Å². The number of hydrogen-bond donors (Lipinski definition) is 0. The summed E-state index contributed by atoms with van der Waals surface area (Å²) in [5.41, 5.74) is 2.17. The molecule has 0 aliphatic rings. The van der Waals surface area contributed by atoms with Crippen LogP contribution >= 0.6 is 22.9 Å². The molecule has 0 N–H and O–H groups in total. The molecule has 0 aliphatic carbocycles. The lowest BCUT2D eigenvalue weighted by Crippen LogP contribution is -1.83. The van der Waals surface area contributed by atoms with Gasteiger partial charge in [0.25, 0.3) is 0 Å². The highest BCUT2D eigenvalue weighted by molar-refractivity contribution is 7.17. The average molecular weight is 215 g/mol. The van der Waals surface area contributed by atoms with Crippen molar-refractivity contribution in [3.05, 3.63) is 34.5 Å². The molecule has 1 aromatic carbocycles. The summed E-state index contributed by atoms with van der Waals surface area (Å²) in [4.78, 5) is 0. The lowest BCUT2D eigenvalue weighted by molar-refractivity contribution is 0.658. The lowest BCUT2D eigenvalue weighted by Gasteiger charge is -2.01. The van der Waals surface area contributed by atoms with Crippen LogP contribution < -0.4 is 0 Å². The molecule has 0 radical (unpaired) electrons. The minimum absolute atomic E-state index is 0.134. The Bertz CT molecular complexity index is 447. The molecule has 0 spiro atoms. The first-order valence-electron chi connectivity index (χ1n) is 3.96. The molecule has 13 heavy (non-hydrogen) atoms. The second kappa shape index (κ2) is 3.28. The van der Waals surface area contributed by atoms with Gasteiger partial charge in [0, 0.05) is 10.6 Å². The summed E-state index contributed by atoms with van der Waals surface area (Å²) in [6.07, 6.45) is 0. The van der Waals surface area contributed by atoms with Gasteiger partial charge in [0.2, 0.25) is 0 Å². The van der Waals surface area contributed by atoms with E-state index in [4.69, 9.17) is 11.6 Å². The number of aryl methyl sites for hydroxylation is 1. The molecule has 3 heteroatoms.